The summed E-state index contributed by atoms with van der Waals surface area (Å²) in [7, 11) is 0. The Kier molecular flexibility index (Phi) is 4.88. The van der Waals surface area contributed by atoms with Gasteiger partial charge in [0, 0.05) is 16.3 Å². The van der Waals surface area contributed by atoms with Crippen LogP contribution < -0.4 is 24.4 Å². The first-order valence-electron chi connectivity index (χ1n) is 9.60. The van der Waals surface area contributed by atoms with Gasteiger partial charge >= 0.3 is 0 Å². The maximum atomic E-state index is 12.7. The van der Waals surface area contributed by atoms with Crippen LogP contribution in [-0.4, -0.2) is 25.2 Å². The number of benzene rings is 3. The van der Waals surface area contributed by atoms with Crippen molar-refractivity contribution in [1.82, 2.24) is 0 Å². The van der Waals surface area contributed by atoms with Gasteiger partial charge in [-0.15, -0.1) is 0 Å². The summed E-state index contributed by atoms with van der Waals surface area (Å²) in [5, 5.41) is 3.43. The molecule has 8 heteroatoms. The Morgan fingerprint density at radius 2 is 1.77 bits per heavy atom. The maximum absolute atomic E-state index is 12.7. The summed E-state index contributed by atoms with van der Waals surface area (Å²) in [6.45, 7) is 0.384. The summed E-state index contributed by atoms with van der Waals surface area (Å²) < 4.78 is 16.2. The van der Waals surface area contributed by atoms with Crippen molar-refractivity contribution in [3.63, 3.8) is 0 Å². The average Bonchev–Trinajstić information content (AvgIpc) is 3.25. The molecule has 0 saturated carbocycles. The van der Waals surface area contributed by atoms with Gasteiger partial charge in [0.25, 0.3) is 11.8 Å². The predicted molar refractivity (Wildman–Crippen MR) is 115 cm³/mol. The van der Waals surface area contributed by atoms with E-state index < -0.39 is 0 Å². The van der Waals surface area contributed by atoms with E-state index in [1.807, 2.05) is 18.2 Å². The van der Waals surface area contributed by atoms with E-state index in [1.54, 1.807) is 47.4 Å². The van der Waals surface area contributed by atoms with E-state index in [2.05, 4.69) is 5.32 Å². The van der Waals surface area contributed by atoms with E-state index >= 15 is 0 Å². The van der Waals surface area contributed by atoms with Crippen molar-refractivity contribution >= 4 is 34.8 Å². The number of hydrogen-bond donors (Lipinski definition) is 1. The second-order valence-electron chi connectivity index (χ2n) is 7.06. The van der Waals surface area contributed by atoms with E-state index in [0.29, 0.717) is 45.8 Å². The quantitative estimate of drug-likeness (QED) is 0.661. The van der Waals surface area contributed by atoms with Crippen LogP contribution in [0.3, 0.4) is 0 Å². The molecule has 2 aliphatic rings. The second-order valence-corrected chi connectivity index (χ2v) is 7.47. The van der Waals surface area contributed by atoms with E-state index in [-0.39, 0.29) is 25.2 Å². The third kappa shape index (κ3) is 3.75. The van der Waals surface area contributed by atoms with Crippen LogP contribution in [0, 0.1) is 0 Å². The van der Waals surface area contributed by atoms with Gasteiger partial charge in [-0.1, -0.05) is 29.8 Å². The van der Waals surface area contributed by atoms with Crippen LogP contribution in [-0.2, 0) is 11.3 Å². The zero-order chi connectivity index (χ0) is 21.4. The fraction of sp³-hybridized carbons (Fsp3) is 0.130. The molecule has 2 amide bonds. The number of carbonyl (C=O) groups excluding carboxylic acids is 2. The standard InChI is InChI=1S/C23H17ClN2O5/c24-17-4-2-1-3-15(17)11-26-18-10-16(6-8-19(18)29-12-22(26)27)25-23(28)14-5-7-20-21(9-14)31-13-30-20/h1-10H,11-13H2,(H,25,28). The molecule has 0 radical (unpaired) electrons. The minimum atomic E-state index is -0.307. The van der Waals surface area contributed by atoms with E-state index in [1.165, 1.54) is 0 Å². The smallest absolute Gasteiger partial charge is 0.265 e. The molecule has 0 unspecified atom stereocenters. The Hall–Kier alpha value is -3.71. The topological polar surface area (TPSA) is 77.1 Å². The minimum Gasteiger partial charge on any atom is -0.482 e. The van der Waals surface area contributed by atoms with Gasteiger partial charge in [0.15, 0.2) is 18.1 Å². The number of fused-ring (bicyclic) bond motifs is 2. The lowest BCUT2D eigenvalue weighted by atomic mass is 10.1. The van der Waals surface area contributed by atoms with Crippen molar-refractivity contribution in [2.45, 2.75) is 6.54 Å². The number of hydrogen-bond acceptors (Lipinski definition) is 5. The summed E-state index contributed by atoms with van der Waals surface area (Å²) in [6, 6.07) is 17.5. The maximum Gasteiger partial charge on any atom is 0.265 e. The molecule has 31 heavy (non-hydrogen) atoms. The Morgan fingerprint density at radius 3 is 2.65 bits per heavy atom. The molecular formula is C23H17ClN2O5. The molecule has 0 aliphatic carbocycles. The molecule has 7 nitrogen and oxygen atoms in total. The predicted octanol–water partition coefficient (Wildman–Crippen LogP) is 4.25. The lowest BCUT2D eigenvalue weighted by molar-refractivity contribution is -0.121. The van der Waals surface area contributed by atoms with Crippen LogP contribution >= 0.6 is 11.6 Å². The van der Waals surface area contributed by atoms with Gasteiger partial charge in [-0.25, -0.2) is 0 Å². The van der Waals surface area contributed by atoms with Gasteiger partial charge in [-0.05, 0) is 48.0 Å². The van der Waals surface area contributed by atoms with Crippen LogP contribution in [0.25, 0.3) is 0 Å². The van der Waals surface area contributed by atoms with E-state index in [0.717, 1.165) is 5.56 Å². The number of nitrogens with one attached hydrogen (secondary N) is 1. The van der Waals surface area contributed by atoms with E-state index in [9.17, 15) is 9.59 Å². The van der Waals surface area contributed by atoms with Gasteiger partial charge in [0.05, 0.1) is 12.2 Å². The van der Waals surface area contributed by atoms with Crippen LogP contribution in [0.15, 0.2) is 60.7 Å². The zero-order valence-electron chi connectivity index (χ0n) is 16.3. The van der Waals surface area contributed by atoms with Crippen LogP contribution in [0.1, 0.15) is 15.9 Å². The number of amides is 2. The number of ether oxygens (including phenoxy) is 3. The lowest BCUT2D eigenvalue weighted by Gasteiger charge is -2.30. The summed E-state index contributed by atoms with van der Waals surface area (Å²) >= 11 is 6.28. The Morgan fingerprint density at radius 1 is 0.968 bits per heavy atom. The number of nitrogens with zero attached hydrogens (tertiary/aromatic N) is 1. The average molecular weight is 437 g/mol. The van der Waals surface area contributed by atoms with Gasteiger partial charge in [0.2, 0.25) is 6.79 Å². The van der Waals surface area contributed by atoms with Gasteiger partial charge < -0.3 is 24.4 Å². The molecule has 0 aromatic heterocycles. The monoisotopic (exact) mass is 436 g/mol. The van der Waals surface area contributed by atoms with Crippen molar-refractivity contribution in [3.8, 4) is 17.2 Å². The Bertz CT molecular complexity index is 1200. The Balaban J connectivity index is 1.41. The van der Waals surface area contributed by atoms with Crippen LogP contribution in [0.5, 0.6) is 17.2 Å². The summed E-state index contributed by atoms with van der Waals surface area (Å²) in [5.41, 5.74) is 2.35. The molecule has 0 spiro atoms. The summed E-state index contributed by atoms with van der Waals surface area (Å²) in [5.74, 6) is 1.21. The molecule has 0 bridgehead atoms. The minimum absolute atomic E-state index is 0.0552. The second kappa shape index (κ2) is 7.85. The first kappa shape index (κ1) is 19.3. The highest BCUT2D eigenvalue weighted by atomic mass is 35.5. The molecule has 156 valence electrons. The van der Waals surface area contributed by atoms with Crippen molar-refractivity contribution in [3.05, 3.63) is 76.8 Å². The molecule has 3 aromatic carbocycles. The number of rotatable bonds is 4. The molecule has 3 aromatic rings. The van der Waals surface area contributed by atoms with E-state index in [4.69, 9.17) is 25.8 Å². The largest absolute Gasteiger partial charge is 0.482 e. The zero-order valence-corrected chi connectivity index (χ0v) is 17.0. The number of halogens is 1. The molecule has 5 rings (SSSR count). The first-order chi connectivity index (χ1) is 15.1. The first-order valence-corrected chi connectivity index (χ1v) is 9.98. The normalized spacial score (nSPS) is 14.1. The van der Waals surface area contributed by atoms with Crippen molar-refractivity contribution in [2.24, 2.45) is 0 Å². The van der Waals surface area contributed by atoms with Crippen molar-refractivity contribution in [1.29, 1.82) is 0 Å². The molecular weight excluding hydrogens is 420 g/mol. The van der Waals surface area contributed by atoms with Crippen LogP contribution in [0.4, 0.5) is 11.4 Å². The van der Waals surface area contributed by atoms with Crippen molar-refractivity contribution in [2.75, 3.05) is 23.6 Å². The highest BCUT2D eigenvalue weighted by molar-refractivity contribution is 6.31. The molecule has 0 atom stereocenters. The highest BCUT2D eigenvalue weighted by Crippen LogP contribution is 2.37. The van der Waals surface area contributed by atoms with Gasteiger partial charge in [0.1, 0.15) is 5.75 Å². The fourth-order valence-electron chi connectivity index (χ4n) is 3.49. The van der Waals surface area contributed by atoms with Crippen molar-refractivity contribution < 1.29 is 23.8 Å². The van der Waals surface area contributed by atoms with Gasteiger partial charge in [-0.2, -0.15) is 0 Å². The fourth-order valence-corrected chi connectivity index (χ4v) is 3.69. The number of anilines is 2. The summed E-state index contributed by atoms with van der Waals surface area (Å²) in [4.78, 5) is 26.9. The molecule has 1 N–H and O–H groups in total. The van der Waals surface area contributed by atoms with Gasteiger partial charge in [-0.3, -0.25) is 9.59 Å². The Labute approximate surface area is 183 Å². The molecule has 2 aliphatic heterocycles. The SMILES string of the molecule is O=C(Nc1ccc2c(c1)N(Cc1ccccc1Cl)C(=O)CO2)c1ccc2c(c1)OCO2. The van der Waals surface area contributed by atoms with Crippen LogP contribution in [0.2, 0.25) is 5.02 Å². The third-order valence-electron chi connectivity index (χ3n) is 5.08. The summed E-state index contributed by atoms with van der Waals surface area (Å²) in [6.07, 6.45) is 0. The third-order valence-corrected chi connectivity index (χ3v) is 5.45. The lowest BCUT2D eigenvalue weighted by Crippen LogP contribution is -2.38. The molecule has 0 fully saturated rings. The molecule has 0 saturated heterocycles. The molecule has 2 heterocycles. The number of carbonyl (C=O) groups is 2. The highest BCUT2D eigenvalue weighted by Gasteiger charge is 2.27.